The van der Waals surface area contributed by atoms with Crippen molar-refractivity contribution in [3.05, 3.63) is 41.1 Å². The quantitative estimate of drug-likeness (QED) is 0.905. The standard InChI is InChI=1S/C13H14BrN3O/c1-15-11-5-12(8-16-7-11)17-10-3-9(14)4-13(6-10)18-2/h3-8,15,17H,1-2H3. The van der Waals surface area contributed by atoms with Crippen molar-refractivity contribution in [1.29, 1.82) is 0 Å². The third-order valence-electron chi connectivity index (χ3n) is 2.42. The van der Waals surface area contributed by atoms with Crippen molar-refractivity contribution in [3.8, 4) is 5.75 Å². The Balaban J connectivity index is 2.24. The number of anilines is 3. The van der Waals surface area contributed by atoms with E-state index in [1.807, 2.05) is 31.3 Å². The SMILES string of the molecule is CNc1cncc(Nc2cc(Br)cc(OC)c2)c1. The van der Waals surface area contributed by atoms with Crippen LogP contribution in [0.2, 0.25) is 0 Å². The lowest BCUT2D eigenvalue weighted by molar-refractivity contribution is 0.415. The van der Waals surface area contributed by atoms with Crippen LogP contribution >= 0.6 is 15.9 Å². The predicted molar refractivity (Wildman–Crippen MR) is 77.8 cm³/mol. The molecule has 0 bridgehead atoms. The average Bonchev–Trinajstić information content (AvgIpc) is 2.38. The van der Waals surface area contributed by atoms with Crippen LogP contribution in [0.3, 0.4) is 0 Å². The van der Waals surface area contributed by atoms with E-state index in [1.165, 1.54) is 0 Å². The molecule has 2 rings (SSSR count). The highest BCUT2D eigenvalue weighted by atomic mass is 79.9. The van der Waals surface area contributed by atoms with Crippen LogP contribution in [-0.4, -0.2) is 19.1 Å². The maximum absolute atomic E-state index is 5.22. The number of methoxy groups -OCH3 is 1. The molecule has 0 spiro atoms. The lowest BCUT2D eigenvalue weighted by atomic mass is 10.3. The summed E-state index contributed by atoms with van der Waals surface area (Å²) in [6, 6.07) is 7.80. The fraction of sp³-hybridized carbons (Fsp3) is 0.154. The highest BCUT2D eigenvalue weighted by Crippen LogP contribution is 2.27. The summed E-state index contributed by atoms with van der Waals surface area (Å²) in [7, 11) is 3.51. The summed E-state index contributed by atoms with van der Waals surface area (Å²) in [6.45, 7) is 0. The summed E-state index contributed by atoms with van der Waals surface area (Å²) in [4.78, 5) is 4.15. The molecule has 1 aromatic carbocycles. The lowest BCUT2D eigenvalue weighted by Gasteiger charge is -2.10. The third kappa shape index (κ3) is 3.13. The summed E-state index contributed by atoms with van der Waals surface area (Å²) >= 11 is 3.45. The molecule has 2 N–H and O–H groups in total. The van der Waals surface area contributed by atoms with Gasteiger partial charge in [0, 0.05) is 23.3 Å². The number of aromatic nitrogens is 1. The Morgan fingerprint density at radius 1 is 1.06 bits per heavy atom. The number of hydrogen-bond donors (Lipinski definition) is 2. The van der Waals surface area contributed by atoms with Gasteiger partial charge in [0.25, 0.3) is 0 Å². The Morgan fingerprint density at radius 2 is 1.83 bits per heavy atom. The molecule has 0 saturated heterocycles. The van der Waals surface area contributed by atoms with E-state index in [1.54, 1.807) is 19.5 Å². The van der Waals surface area contributed by atoms with Gasteiger partial charge in [-0.15, -0.1) is 0 Å². The first-order chi connectivity index (χ1) is 8.71. The molecule has 0 aliphatic heterocycles. The molecule has 0 radical (unpaired) electrons. The van der Waals surface area contributed by atoms with E-state index in [0.29, 0.717) is 0 Å². The van der Waals surface area contributed by atoms with Crippen LogP contribution in [0.15, 0.2) is 41.1 Å². The van der Waals surface area contributed by atoms with Crippen LogP contribution in [0.1, 0.15) is 0 Å². The van der Waals surface area contributed by atoms with E-state index in [4.69, 9.17) is 4.74 Å². The molecule has 0 unspecified atom stereocenters. The van der Waals surface area contributed by atoms with Crippen LogP contribution in [0.5, 0.6) is 5.75 Å². The zero-order chi connectivity index (χ0) is 13.0. The van der Waals surface area contributed by atoms with E-state index < -0.39 is 0 Å². The number of benzene rings is 1. The van der Waals surface area contributed by atoms with E-state index in [-0.39, 0.29) is 0 Å². The van der Waals surface area contributed by atoms with Gasteiger partial charge in [-0.05, 0) is 18.2 Å². The van der Waals surface area contributed by atoms with Crippen molar-refractivity contribution >= 4 is 33.0 Å². The second kappa shape index (κ2) is 5.73. The monoisotopic (exact) mass is 307 g/mol. The second-order valence-corrected chi connectivity index (χ2v) is 4.63. The smallest absolute Gasteiger partial charge is 0.122 e. The molecule has 94 valence electrons. The first-order valence-electron chi connectivity index (χ1n) is 5.45. The Bertz CT molecular complexity index is 546. The van der Waals surface area contributed by atoms with Crippen molar-refractivity contribution in [2.45, 2.75) is 0 Å². The maximum Gasteiger partial charge on any atom is 0.122 e. The molecular weight excluding hydrogens is 294 g/mol. The van der Waals surface area contributed by atoms with E-state index in [9.17, 15) is 0 Å². The summed E-state index contributed by atoms with van der Waals surface area (Å²) in [6.07, 6.45) is 3.54. The van der Waals surface area contributed by atoms with Gasteiger partial charge in [0.1, 0.15) is 5.75 Å². The van der Waals surface area contributed by atoms with Crippen molar-refractivity contribution in [3.63, 3.8) is 0 Å². The lowest BCUT2D eigenvalue weighted by Crippen LogP contribution is -1.95. The van der Waals surface area contributed by atoms with Gasteiger partial charge in [0.2, 0.25) is 0 Å². The zero-order valence-corrected chi connectivity index (χ0v) is 11.8. The van der Waals surface area contributed by atoms with Gasteiger partial charge in [-0.1, -0.05) is 15.9 Å². The molecule has 0 atom stereocenters. The normalized spacial score (nSPS) is 9.94. The van der Waals surface area contributed by atoms with Crippen molar-refractivity contribution in [2.75, 3.05) is 24.8 Å². The number of nitrogens with one attached hydrogen (secondary N) is 2. The molecule has 0 aliphatic rings. The van der Waals surface area contributed by atoms with Gasteiger partial charge in [-0.2, -0.15) is 0 Å². The van der Waals surface area contributed by atoms with E-state index in [2.05, 4.69) is 31.5 Å². The largest absolute Gasteiger partial charge is 0.497 e. The predicted octanol–water partition coefficient (Wildman–Crippen LogP) is 3.64. The molecule has 1 heterocycles. The van der Waals surface area contributed by atoms with Crippen LogP contribution in [-0.2, 0) is 0 Å². The fourth-order valence-electron chi connectivity index (χ4n) is 1.56. The Kier molecular flexibility index (Phi) is 4.04. The fourth-order valence-corrected chi connectivity index (χ4v) is 2.04. The van der Waals surface area contributed by atoms with Crippen LogP contribution in [0.25, 0.3) is 0 Å². The van der Waals surface area contributed by atoms with Gasteiger partial charge >= 0.3 is 0 Å². The van der Waals surface area contributed by atoms with E-state index >= 15 is 0 Å². The number of nitrogens with zero attached hydrogens (tertiary/aromatic N) is 1. The molecule has 18 heavy (non-hydrogen) atoms. The number of ether oxygens (including phenoxy) is 1. The maximum atomic E-state index is 5.22. The minimum atomic E-state index is 0.796. The van der Waals surface area contributed by atoms with Gasteiger partial charge < -0.3 is 15.4 Å². The van der Waals surface area contributed by atoms with Gasteiger partial charge in [-0.25, -0.2) is 0 Å². The molecule has 0 aliphatic carbocycles. The molecule has 0 fully saturated rings. The first kappa shape index (κ1) is 12.7. The van der Waals surface area contributed by atoms with Gasteiger partial charge in [0.05, 0.1) is 30.9 Å². The van der Waals surface area contributed by atoms with Crippen molar-refractivity contribution in [1.82, 2.24) is 4.98 Å². The molecule has 0 saturated carbocycles. The number of pyridine rings is 1. The topological polar surface area (TPSA) is 46.2 Å². The molecule has 4 nitrogen and oxygen atoms in total. The molecule has 2 aromatic rings. The van der Waals surface area contributed by atoms with Crippen molar-refractivity contribution < 1.29 is 4.74 Å². The molecule has 1 aromatic heterocycles. The van der Waals surface area contributed by atoms with Crippen LogP contribution in [0.4, 0.5) is 17.1 Å². The summed E-state index contributed by atoms with van der Waals surface area (Å²) in [5, 5.41) is 6.33. The van der Waals surface area contributed by atoms with Crippen LogP contribution < -0.4 is 15.4 Å². The number of halogens is 1. The van der Waals surface area contributed by atoms with Crippen LogP contribution in [0, 0.1) is 0 Å². The summed E-state index contributed by atoms with van der Waals surface area (Å²) in [5.74, 6) is 0.796. The van der Waals surface area contributed by atoms with E-state index in [0.717, 1.165) is 27.3 Å². The van der Waals surface area contributed by atoms with Gasteiger partial charge in [0.15, 0.2) is 0 Å². The highest BCUT2D eigenvalue weighted by molar-refractivity contribution is 9.10. The average molecular weight is 308 g/mol. The Morgan fingerprint density at radius 3 is 2.56 bits per heavy atom. The second-order valence-electron chi connectivity index (χ2n) is 3.72. The van der Waals surface area contributed by atoms with Gasteiger partial charge in [-0.3, -0.25) is 4.98 Å². The summed E-state index contributed by atoms with van der Waals surface area (Å²) < 4.78 is 6.18. The minimum absolute atomic E-state index is 0.796. The third-order valence-corrected chi connectivity index (χ3v) is 2.88. The molecule has 0 amide bonds. The Hall–Kier alpha value is -1.75. The highest BCUT2D eigenvalue weighted by Gasteiger charge is 2.01. The number of rotatable bonds is 4. The Labute approximate surface area is 115 Å². The zero-order valence-electron chi connectivity index (χ0n) is 10.2. The summed E-state index contributed by atoms with van der Waals surface area (Å²) in [5.41, 5.74) is 2.82. The number of hydrogen-bond acceptors (Lipinski definition) is 4. The first-order valence-corrected chi connectivity index (χ1v) is 6.25. The van der Waals surface area contributed by atoms with Crippen molar-refractivity contribution in [2.24, 2.45) is 0 Å². The molecular formula is C13H14BrN3O. The minimum Gasteiger partial charge on any atom is -0.497 e. The molecule has 5 heteroatoms.